The Morgan fingerprint density at radius 2 is 1.78 bits per heavy atom. The molecule has 0 atom stereocenters. The van der Waals surface area contributed by atoms with E-state index in [4.69, 9.17) is 16.3 Å². The molecular weight excluding hydrogens is 390 g/mol. The van der Waals surface area contributed by atoms with E-state index in [1.807, 2.05) is 0 Å². The number of carbonyl (C=O) groups excluding carboxylic acids is 1. The molecule has 1 heterocycles. The van der Waals surface area contributed by atoms with Crippen molar-refractivity contribution in [2.75, 3.05) is 5.32 Å². The highest BCUT2D eigenvalue weighted by Crippen LogP contribution is 2.25. The monoisotopic (exact) mass is 399 g/mol. The topological polar surface area (TPSA) is 56.2 Å². The van der Waals surface area contributed by atoms with Crippen LogP contribution in [0.1, 0.15) is 10.5 Å². The van der Waals surface area contributed by atoms with Crippen LogP contribution >= 0.6 is 11.6 Å². The van der Waals surface area contributed by atoms with Gasteiger partial charge in [-0.05, 0) is 18.2 Å². The molecule has 140 valence electrons. The van der Waals surface area contributed by atoms with E-state index in [1.165, 1.54) is 12.3 Å². The molecule has 0 bridgehead atoms. The summed E-state index contributed by atoms with van der Waals surface area (Å²) in [5, 5.41) is 5.99. The van der Waals surface area contributed by atoms with Crippen LogP contribution in [0.5, 0.6) is 5.75 Å². The van der Waals surface area contributed by atoms with Crippen molar-refractivity contribution in [3.05, 3.63) is 76.6 Å². The van der Waals surface area contributed by atoms with Gasteiger partial charge in [-0.2, -0.15) is 5.10 Å². The molecule has 1 N–H and O–H groups in total. The van der Waals surface area contributed by atoms with Crippen LogP contribution in [0.2, 0.25) is 5.02 Å². The minimum Gasteiger partial charge on any atom is -0.470 e. The molecule has 0 radical (unpaired) electrons. The van der Waals surface area contributed by atoms with E-state index in [2.05, 4.69) is 5.10 Å². The molecule has 0 saturated carbocycles. The lowest BCUT2D eigenvalue weighted by Crippen LogP contribution is -2.21. The fourth-order valence-electron chi connectivity index (χ4n) is 2.18. The molecule has 0 saturated heterocycles. The van der Waals surface area contributed by atoms with Gasteiger partial charge >= 0.3 is 0 Å². The first-order chi connectivity index (χ1) is 12.9. The predicted octanol–water partition coefficient (Wildman–Crippen LogP) is 4.38. The highest BCUT2D eigenvalue weighted by atomic mass is 35.5. The molecule has 3 rings (SSSR count). The van der Waals surface area contributed by atoms with Gasteiger partial charge in [-0.3, -0.25) is 4.79 Å². The second-order valence-corrected chi connectivity index (χ2v) is 5.62. The van der Waals surface area contributed by atoms with Crippen molar-refractivity contribution in [2.24, 2.45) is 0 Å². The minimum absolute atomic E-state index is 0.0437. The normalized spacial score (nSPS) is 10.7. The second kappa shape index (κ2) is 7.67. The molecule has 0 unspecified atom stereocenters. The highest BCUT2D eigenvalue weighted by Gasteiger charge is 2.23. The molecule has 10 heteroatoms. The summed E-state index contributed by atoms with van der Waals surface area (Å²) in [5.41, 5.74) is -1.40. The average molecular weight is 400 g/mol. The van der Waals surface area contributed by atoms with Crippen LogP contribution in [-0.2, 0) is 6.73 Å². The Bertz CT molecular complexity index is 984. The molecule has 5 nitrogen and oxygen atoms in total. The van der Waals surface area contributed by atoms with Crippen LogP contribution in [-0.4, -0.2) is 15.7 Å². The van der Waals surface area contributed by atoms with Crippen molar-refractivity contribution in [3.63, 3.8) is 0 Å². The Morgan fingerprint density at radius 1 is 1.11 bits per heavy atom. The standard InChI is InChI=1S/C17H10ClF4N3O2/c18-9-3-1-2-4-13(9)27-8-25-12(5-6-23-25)17(26)24-16-14(21)10(19)7-11(20)15(16)22/h1-7H,8H2,(H,24,26). The third kappa shape index (κ3) is 3.87. The number of anilines is 1. The lowest BCUT2D eigenvalue weighted by atomic mass is 10.2. The van der Waals surface area contributed by atoms with Crippen LogP contribution in [0.15, 0.2) is 42.6 Å². The maximum Gasteiger partial charge on any atom is 0.274 e. The Morgan fingerprint density at radius 3 is 2.44 bits per heavy atom. The summed E-state index contributed by atoms with van der Waals surface area (Å²) in [6.07, 6.45) is 1.24. The van der Waals surface area contributed by atoms with Crippen LogP contribution < -0.4 is 10.1 Å². The summed E-state index contributed by atoms with van der Waals surface area (Å²) >= 11 is 5.95. The van der Waals surface area contributed by atoms with E-state index in [1.54, 1.807) is 29.6 Å². The largest absolute Gasteiger partial charge is 0.470 e. The Balaban J connectivity index is 1.80. The maximum atomic E-state index is 13.7. The molecule has 1 aromatic heterocycles. The van der Waals surface area contributed by atoms with Crippen LogP contribution in [0.4, 0.5) is 23.2 Å². The lowest BCUT2D eigenvalue weighted by Gasteiger charge is -2.12. The number of para-hydroxylation sites is 1. The molecule has 0 aliphatic carbocycles. The first-order valence-electron chi connectivity index (χ1n) is 7.42. The molecule has 0 aliphatic heterocycles. The minimum atomic E-state index is -1.72. The number of rotatable bonds is 5. The summed E-state index contributed by atoms with van der Waals surface area (Å²) in [6.45, 7) is -0.248. The first-order valence-corrected chi connectivity index (χ1v) is 7.79. The van der Waals surface area contributed by atoms with Gasteiger partial charge < -0.3 is 10.1 Å². The van der Waals surface area contributed by atoms with Crippen LogP contribution in [0.3, 0.4) is 0 Å². The van der Waals surface area contributed by atoms with E-state index in [0.717, 1.165) is 4.68 Å². The number of carbonyl (C=O) groups is 1. The highest BCUT2D eigenvalue weighted by molar-refractivity contribution is 6.32. The number of aromatic nitrogens is 2. The van der Waals surface area contributed by atoms with Crippen molar-refractivity contribution in [3.8, 4) is 5.75 Å². The summed E-state index contributed by atoms with van der Waals surface area (Å²) in [7, 11) is 0. The number of hydrogen-bond donors (Lipinski definition) is 1. The Labute approximate surface area is 155 Å². The van der Waals surface area contributed by atoms with E-state index in [0.29, 0.717) is 10.8 Å². The van der Waals surface area contributed by atoms with E-state index in [9.17, 15) is 22.4 Å². The quantitative estimate of drug-likeness (QED) is 0.511. The summed E-state index contributed by atoms with van der Waals surface area (Å²) in [6, 6.07) is 7.84. The first kappa shape index (κ1) is 18.7. The van der Waals surface area contributed by atoms with Gasteiger partial charge in [0.05, 0.1) is 5.02 Å². The van der Waals surface area contributed by atoms with E-state index < -0.39 is 34.9 Å². The third-order valence-corrected chi connectivity index (χ3v) is 3.79. The molecule has 0 spiro atoms. The van der Waals surface area contributed by atoms with Gasteiger partial charge in [-0.1, -0.05) is 23.7 Å². The van der Waals surface area contributed by atoms with E-state index in [-0.39, 0.29) is 18.5 Å². The fourth-order valence-corrected chi connectivity index (χ4v) is 2.37. The third-order valence-electron chi connectivity index (χ3n) is 3.48. The number of benzene rings is 2. The number of nitrogens with zero attached hydrogens (tertiary/aromatic N) is 2. The van der Waals surface area contributed by atoms with Gasteiger partial charge in [-0.15, -0.1) is 0 Å². The smallest absolute Gasteiger partial charge is 0.274 e. The molecule has 3 aromatic rings. The van der Waals surface area contributed by atoms with Gasteiger partial charge in [0.2, 0.25) is 0 Å². The van der Waals surface area contributed by atoms with Gasteiger partial charge in [-0.25, -0.2) is 22.2 Å². The molecule has 1 amide bonds. The number of nitrogens with one attached hydrogen (secondary N) is 1. The Kier molecular flexibility index (Phi) is 5.31. The van der Waals surface area contributed by atoms with Gasteiger partial charge in [0.25, 0.3) is 5.91 Å². The van der Waals surface area contributed by atoms with Crippen molar-refractivity contribution in [2.45, 2.75) is 6.73 Å². The van der Waals surface area contributed by atoms with Crippen molar-refractivity contribution in [1.29, 1.82) is 0 Å². The number of ether oxygens (including phenoxy) is 1. The summed E-state index contributed by atoms with van der Waals surface area (Å²) in [5.74, 6) is -7.44. The zero-order valence-electron chi connectivity index (χ0n) is 13.3. The number of amides is 1. The van der Waals surface area contributed by atoms with Crippen molar-refractivity contribution < 1.29 is 27.1 Å². The molecular formula is C17H10ClF4N3O2. The van der Waals surface area contributed by atoms with Gasteiger partial charge in [0.15, 0.2) is 30.0 Å². The number of halogens is 5. The Hall–Kier alpha value is -3.07. The number of hydrogen-bond acceptors (Lipinski definition) is 3. The second-order valence-electron chi connectivity index (χ2n) is 5.22. The zero-order chi connectivity index (χ0) is 19.6. The van der Waals surface area contributed by atoms with E-state index >= 15 is 0 Å². The molecule has 27 heavy (non-hydrogen) atoms. The maximum absolute atomic E-state index is 13.7. The lowest BCUT2D eigenvalue weighted by molar-refractivity contribution is 0.100. The van der Waals surface area contributed by atoms with Gasteiger partial charge in [0, 0.05) is 12.3 Å². The SMILES string of the molecule is O=C(Nc1c(F)c(F)cc(F)c1F)c1ccnn1COc1ccccc1Cl. The summed E-state index contributed by atoms with van der Waals surface area (Å²) in [4.78, 5) is 12.3. The fraction of sp³-hybridized carbons (Fsp3) is 0.0588. The average Bonchev–Trinajstić information content (AvgIpc) is 3.11. The molecule has 0 aliphatic rings. The van der Waals surface area contributed by atoms with Crippen molar-refractivity contribution in [1.82, 2.24) is 9.78 Å². The predicted molar refractivity (Wildman–Crippen MR) is 88.5 cm³/mol. The van der Waals surface area contributed by atoms with Gasteiger partial charge in [0.1, 0.15) is 17.1 Å². The summed E-state index contributed by atoms with van der Waals surface area (Å²) < 4.78 is 60.4. The molecule has 2 aromatic carbocycles. The van der Waals surface area contributed by atoms with Crippen LogP contribution in [0.25, 0.3) is 0 Å². The molecule has 0 fully saturated rings. The van der Waals surface area contributed by atoms with Crippen LogP contribution in [0, 0.1) is 23.3 Å². The zero-order valence-corrected chi connectivity index (χ0v) is 14.1. The van der Waals surface area contributed by atoms with Crippen molar-refractivity contribution >= 4 is 23.2 Å².